The minimum atomic E-state index is -0.370. The second kappa shape index (κ2) is 5.74. The number of ether oxygens (including phenoxy) is 1. The van der Waals surface area contributed by atoms with Crippen molar-refractivity contribution in [1.29, 1.82) is 0 Å². The van der Waals surface area contributed by atoms with Gasteiger partial charge in [0, 0.05) is 24.7 Å². The van der Waals surface area contributed by atoms with Crippen LogP contribution in [0.1, 0.15) is 24.1 Å². The molecule has 1 heterocycles. The molecule has 0 bridgehead atoms. The first-order valence-corrected chi connectivity index (χ1v) is 7.38. The number of rotatable bonds is 3. The third kappa shape index (κ3) is 2.36. The Labute approximate surface area is 124 Å². The molecule has 2 N–H and O–H groups in total. The van der Waals surface area contributed by atoms with E-state index in [9.17, 15) is 4.79 Å². The van der Waals surface area contributed by atoms with Crippen LogP contribution in [0.3, 0.4) is 0 Å². The Bertz CT molecular complexity index is 682. The van der Waals surface area contributed by atoms with Crippen molar-refractivity contribution in [2.24, 2.45) is 0 Å². The lowest BCUT2D eigenvalue weighted by Gasteiger charge is -2.28. The number of hydrogen-bond acceptors (Lipinski definition) is 4. The molecule has 2 aromatic carbocycles. The smallest absolute Gasteiger partial charge is 0.327 e. The predicted octanol–water partition coefficient (Wildman–Crippen LogP) is 2.63. The number of hydrogen-bond donors (Lipinski definition) is 2. The molecule has 3 rings (SSSR count). The summed E-state index contributed by atoms with van der Waals surface area (Å²) < 4.78 is 5.20. The van der Waals surface area contributed by atoms with Crippen LogP contribution in [0.2, 0.25) is 0 Å². The molecule has 2 aromatic rings. The van der Waals surface area contributed by atoms with E-state index in [-0.39, 0.29) is 12.0 Å². The molecule has 1 unspecified atom stereocenters. The van der Waals surface area contributed by atoms with Gasteiger partial charge in [-0.1, -0.05) is 24.3 Å². The van der Waals surface area contributed by atoms with Gasteiger partial charge in [-0.3, -0.25) is 0 Å². The van der Waals surface area contributed by atoms with Gasteiger partial charge in [0.05, 0.1) is 6.61 Å². The first-order valence-electron chi connectivity index (χ1n) is 7.38. The third-order valence-corrected chi connectivity index (χ3v) is 4.00. The molecule has 110 valence electrons. The van der Waals surface area contributed by atoms with Crippen LogP contribution in [-0.4, -0.2) is 26.2 Å². The molecule has 0 radical (unpaired) electrons. The van der Waals surface area contributed by atoms with E-state index < -0.39 is 0 Å². The van der Waals surface area contributed by atoms with Crippen molar-refractivity contribution in [2.45, 2.75) is 19.4 Å². The Kier molecular flexibility index (Phi) is 3.80. The molecule has 4 heteroatoms. The van der Waals surface area contributed by atoms with E-state index in [0.29, 0.717) is 6.61 Å². The van der Waals surface area contributed by atoms with E-state index in [2.05, 4.69) is 28.8 Å². The average Bonchev–Trinajstić information content (AvgIpc) is 2.52. The van der Waals surface area contributed by atoms with Crippen LogP contribution in [0.5, 0.6) is 0 Å². The zero-order valence-corrected chi connectivity index (χ0v) is 12.4. The maximum absolute atomic E-state index is 12.2. The van der Waals surface area contributed by atoms with Crippen molar-refractivity contribution in [3.05, 3.63) is 41.5 Å². The van der Waals surface area contributed by atoms with Crippen molar-refractivity contribution in [2.75, 3.05) is 25.5 Å². The Morgan fingerprint density at radius 1 is 1.43 bits per heavy atom. The largest absolute Gasteiger partial charge is 0.465 e. The lowest BCUT2D eigenvalue weighted by molar-refractivity contribution is -0.146. The molecular weight excluding hydrogens is 264 g/mol. The first kappa shape index (κ1) is 13.9. The molecule has 0 saturated heterocycles. The fourth-order valence-electron chi connectivity index (χ4n) is 3.11. The van der Waals surface area contributed by atoms with Crippen molar-refractivity contribution in [3.8, 4) is 0 Å². The van der Waals surface area contributed by atoms with Crippen LogP contribution in [-0.2, 0) is 16.0 Å². The summed E-state index contributed by atoms with van der Waals surface area (Å²) in [5, 5.41) is 8.92. The summed E-state index contributed by atoms with van der Waals surface area (Å²) in [7, 11) is 1.93. The SMILES string of the molecule is CCOC(=O)C1NCCc2c1cc1ccccc1c2NC. The fourth-order valence-corrected chi connectivity index (χ4v) is 3.11. The van der Waals surface area contributed by atoms with E-state index in [4.69, 9.17) is 4.74 Å². The van der Waals surface area contributed by atoms with Crippen molar-refractivity contribution in [1.82, 2.24) is 5.32 Å². The molecule has 21 heavy (non-hydrogen) atoms. The van der Waals surface area contributed by atoms with Crippen LogP contribution in [0, 0.1) is 0 Å². The van der Waals surface area contributed by atoms with Gasteiger partial charge in [0.2, 0.25) is 0 Å². The Morgan fingerprint density at radius 2 is 2.24 bits per heavy atom. The summed E-state index contributed by atoms with van der Waals surface area (Å²) in [6.45, 7) is 3.02. The molecule has 4 nitrogen and oxygen atoms in total. The molecule has 1 aliphatic heterocycles. The lowest BCUT2D eigenvalue weighted by Crippen LogP contribution is -2.36. The van der Waals surface area contributed by atoms with Gasteiger partial charge in [0.25, 0.3) is 0 Å². The minimum absolute atomic E-state index is 0.198. The van der Waals surface area contributed by atoms with E-state index >= 15 is 0 Å². The summed E-state index contributed by atoms with van der Waals surface area (Å²) in [5.74, 6) is -0.198. The number of nitrogens with one attached hydrogen (secondary N) is 2. The highest BCUT2D eigenvalue weighted by Crippen LogP contribution is 2.36. The Hall–Kier alpha value is -2.07. The van der Waals surface area contributed by atoms with E-state index in [1.807, 2.05) is 26.1 Å². The summed E-state index contributed by atoms with van der Waals surface area (Å²) >= 11 is 0. The van der Waals surface area contributed by atoms with E-state index in [1.165, 1.54) is 10.9 Å². The average molecular weight is 284 g/mol. The molecule has 0 saturated carbocycles. The standard InChI is InChI=1S/C17H20N2O2/c1-3-21-17(20)16-14-10-11-6-4-5-7-12(11)15(18-2)13(14)8-9-19-16/h4-7,10,16,18-19H,3,8-9H2,1-2H3. The second-order valence-corrected chi connectivity index (χ2v) is 5.18. The van der Waals surface area contributed by atoms with Gasteiger partial charge in [0.15, 0.2) is 0 Å². The lowest BCUT2D eigenvalue weighted by atomic mass is 9.89. The molecular formula is C17H20N2O2. The topological polar surface area (TPSA) is 50.4 Å². The fraction of sp³-hybridized carbons (Fsp3) is 0.353. The summed E-state index contributed by atoms with van der Waals surface area (Å²) in [6, 6.07) is 9.99. The van der Waals surface area contributed by atoms with Crippen molar-refractivity contribution >= 4 is 22.4 Å². The molecule has 1 atom stereocenters. The highest BCUT2D eigenvalue weighted by atomic mass is 16.5. The van der Waals surface area contributed by atoms with Crippen LogP contribution >= 0.6 is 0 Å². The zero-order chi connectivity index (χ0) is 14.8. The maximum Gasteiger partial charge on any atom is 0.327 e. The second-order valence-electron chi connectivity index (χ2n) is 5.18. The van der Waals surface area contributed by atoms with E-state index in [1.54, 1.807) is 0 Å². The third-order valence-electron chi connectivity index (χ3n) is 4.00. The Balaban J connectivity index is 2.18. The predicted molar refractivity (Wildman–Crippen MR) is 84.6 cm³/mol. The normalized spacial score (nSPS) is 17.3. The van der Waals surface area contributed by atoms with Gasteiger partial charge >= 0.3 is 5.97 Å². The van der Waals surface area contributed by atoms with Gasteiger partial charge in [0.1, 0.15) is 6.04 Å². The number of fused-ring (bicyclic) bond motifs is 2. The monoisotopic (exact) mass is 284 g/mol. The quantitative estimate of drug-likeness (QED) is 0.851. The van der Waals surface area contributed by atoms with Crippen LogP contribution in [0.25, 0.3) is 10.8 Å². The maximum atomic E-state index is 12.2. The zero-order valence-electron chi connectivity index (χ0n) is 12.4. The number of carbonyl (C=O) groups is 1. The number of carbonyl (C=O) groups excluding carboxylic acids is 1. The number of esters is 1. The van der Waals surface area contributed by atoms with Gasteiger partial charge in [-0.2, -0.15) is 0 Å². The number of benzene rings is 2. The first-order chi connectivity index (χ1) is 10.3. The highest BCUT2D eigenvalue weighted by Gasteiger charge is 2.29. The Morgan fingerprint density at radius 3 is 3.00 bits per heavy atom. The van der Waals surface area contributed by atoms with E-state index in [0.717, 1.165) is 29.6 Å². The van der Waals surface area contributed by atoms with Gasteiger partial charge in [-0.05, 0) is 35.9 Å². The van der Waals surface area contributed by atoms with Gasteiger partial charge in [-0.25, -0.2) is 4.79 Å². The van der Waals surface area contributed by atoms with Crippen molar-refractivity contribution in [3.63, 3.8) is 0 Å². The van der Waals surface area contributed by atoms with Crippen molar-refractivity contribution < 1.29 is 9.53 Å². The molecule has 0 amide bonds. The molecule has 0 spiro atoms. The molecule has 0 fully saturated rings. The summed E-state index contributed by atoms with van der Waals surface area (Å²) in [4.78, 5) is 12.2. The van der Waals surface area contributed by atoms with Gasteiger partial charge in [-0.15, -0.1) is 0 Å². The van der Waals surface area contributed by atoms with Gasteiger partial charge < -0.3 is 15.4 Å². The summed E-state index contributed by atoms with van der Waals surface area (Å²) in [6.07, 6.45) is 0.909. The minimum Gasteiger partial charge on any atom is -0.465 e. The highest BCUT2D eigenvalue weighted by molar-refractivity contribution is 5.98. The molecule has 0 aliphatic carbocycles. The van der Waals surface area contributed by atoms with Crippen LogP contribution < -0.4 is 10.6 Å². The van der Waals surface area contributed by atoms with Crippen LogP contribution in [0.4, 0.5) is 5.69 Å². The molecule has 0 aromatic heterocycles. The summed E-state index contributed by atoms with van der Waals surface area (Å²) in [5.41, 5.74) is 3.37. The number of anilines is 1. The van der Waals surface area contributed by atoms with Crippen LogP contribution in [0.15, 0.2) is 30.3 Å². The molecule has 1 aliphatic rings.